The number of methoxy groups -OCH3 is 3. The summed E-state index contributed by atoms with van der Waals surface area (Å²) in [4.78, 5) is 18.3. The molecular weight excluding hydrogens is 352 g/mol. The van der Waals surface area contributed by atoms with Gasteiger partial charge in [-0.3, -0.25) is 9.69 Å². The highest BCUT2D eigenvalue weighted by atomic mass is 16.5. The molecule has 0 bridgehead atoms. The molecule has 0 spiro atoms. The van der Waals surface area contributed by atoms with Gasteiger partial charge in [0.05, 0.1) is 34.4 Å². The van der Waals surface area contributed by atoms with Gasteiger partial charge in [0, 0.05) is 24.6 Å². The lowest BCUT2D eigenvalue weighted by atomic mass is 10.1. The Bertz CT molecular complexity index is 762. The molecule has 2 aromatic rings. The van der Waals surface area contributed by atoms with E-state index in [0.717, 1.165) is 5.56 Å². The molecule has 0 aliphatic rings. The number of amides is 1. The first-order valence-corrected chi connectivity index (χ1v) is 8.56. The van der Waals surface area contributed by atoms with Crippen molar-refractivity contribution in [2.45, 2.75) is 26.4 Å². The summed E-state index contributed by atoms with van der Waals surface area (Å²) in [6.07, 6.45) is 0.709. The van der Waals surface area contributed by atoms with Crippen LogP contribution in [0.1, 0.15) is 24.2 Å². The highest BCUT2D eigenvalue weighted by Crippen LogP contribution is 2.34. The quantitative estimate of drug-likeness (QED) is 0.662. The van der Waals surface area contributed by atoms with Crippen molar-refractivity contribution in [3.05, 3.63) is 29.4 Å². The predicted molar refractivity (Wildman–Crippen MR) is 98.0 cm³/mol. The minimum Gasteiger partial charge on any atom is -0.496 e. The zero-order valence-electron chi connectivity index (χ0n) is 16.4. The Balaban J connectivity index is 1.92. The summed E-state index contributed by atoms with van der Waals surface area (Å²) in [5.74, 6) is 2.76. The van der Waals surface area contributed by atoms with E-state index >= 15 is 0 Å². The van der Waals surface area contributed by atoms with Crippen LogP contribution < -0.4 is 19.5 Å². The van der Waals surface area contributed by atoms with Gasteiger partial charge in [-0.05, 0) is 13.1 Å². The number of rotatable bonds is 10. The van der Waals surface area contributed by atoms with Crippen LogP contribution in [0.5, 0.6) is 17.2 Å². The largest absolute Gasteiger partial charge is 0.496 e. The van der Waals surface area contributed by atoms with Crippen LogP contribution in [-0.2, 0) is 24.3 Å². The summed E-state index contributed by atoms with van der Waals surface area (Å²) in [5.41, 5.74) is 0.788. The topological polar surface area (TPSA) is 99.0 Å². The van der Waals surface area contributed by atoms with Gasteiger partial charge in [0.15, 0.2) is 17.3 Å². The van der Waals surface area contributed by atoms with E-state index in [2.05, 4.69) is 15.5 Å². The van der Waals surface area contributed by atoms with Crippen LogP contribution in [0.2, 0.25) is 0 Å². The van der Waals surface area contributed by atoms with Gasteiger partial charge in [-0.2, -0.15) is 4.98 Å². The summed E-state index contributed by atoms with van der Waals surface area (Å²) in [7, 11) is 6.49. The SMILES string of the molecule is CCc1noc(CN(C)CC(=O)NCc2cc(OC)c(OC)cc2OC)n1. The standard InChI is InChI=1S/C18H26N4O5/c1-6-16-20-18(27-21-16)11-22(2)10-17(23)19-9-12-7-14(25-4)15(26-5)8-13(12)24-3/h7-8H,6,9-11H2,1-5H3,(H,19,23). The molecule has 0 radical (unpaired) electrons. The number of hydrogen-bond acceptors (Lipinski definition) is 8. The van der Waals surface area contributed by atoms with E-state index < -0.39 is 0 Å². The Hall–Kier alpha value is -2.81. The van der Waals surface area contributed by atoms with Crippen LogP contribution >= 0.6 is 0 Å². The van der Waals surface area contributed by atoms with E-state index in [4.69, 9.17) is 18.7 Å². The normalized spacial score (nSPS) is 10.7. The molecule has 27 heavy (non-hydrogen) atoms. The first-order chi connectivity index (χ1) is 13.0. The molecule has 148 valence electrons. The van der Waals surface area contributed by atoms with Crippen LogP contribution in [0.15, 0.2) is 16.7 Å². The fourth-order valence-electron chi connectivity index (χ4n) is 2.51. The number of aromatic nitrogens is 2. The van der Waals surface area contributed by atoms with E-state index in [-0.39, 0.29) is 12.5 Å². The zero-order chi connectivity index (χ0) is 19.8. The van der Waals surface area contributed by atoms with E-state index in [9.17, 15) is 4.79 Å². The average Bonchev–Trinajstić information content (AvgIpc) is 3.12. The number of ether oxygens (including phenoxy) is 3. The Kier molecular flexibility index (Phi) is 7.42. The van der Waals surface area contributed by atoms with Crippen molar-refractivity contribution in [1.82, 2.24) is 20.4 Å². The number of benzene rings is 1. The highest BCUT2D eigenvalue weighted by Gasteiger charge is 2.14. The second-order valence-corrected chi connectivity index (χ2v) is 5.93. The van der Waals surface area contributed by atoms with Crippen molar-refractivity contribution in [2.24, 2.45) is 0 Å². The number of carbonyl (C=O) groups excluding carboxylic acids is 1. The van der Waals surface area contributed by atoms with Crippen LogP contribution in [0.25, 0.3) is 0 Å². The fourth-order valence-corrected chi connectivity index (χ4v) is 2.51. The highest BCUT2D eigenvalue weighted by molar-refractivity contribution is 5.78. The van der Waals surface area contributed by atoms with Gasteiger partial charge in [0.1, 0.15) is 5.75 Å². The third kappa shape index (κ3) is 5.58. The summed E-state index contributed by atoms with van der Waals surface area (Å²) in [6, 6.07) is 3.51. The lowest BCUT2D eigenvalue weighted by molar-refractivity contribution is -0.122. The Morgan fingerprint density at radius 3 is 2.41 bits per heavy atom. The van der Waals surface area contributed by atoms with Crippen LogP contribution in [0, 0.1) is 0 Å². The van der Waals surface area contributed by atoms with Crippen molar-refractivity contribution in [2.75, 3.05) is 34.9 Å². The molecule has 1 aromatic heterocycles. The van der Waals surface area contributed by atoms with E-state index in [0.29, 0.717) is 48.5 Å². The lowest BCUT2D eigenvalue weighted by Crippen LogP contribution is -2.34. The zero-order valence-corrected chi connectivity index (χ0v) is 16.4. The molecule has 1 N–H and O–H groups in total. The Morgan fingerprint density at radius 2 is 1.81 bits per heavy atom. The van der Waals surface area contributed by atoms with Gasteiger partial charge >= 0.3 is 0 Å². The molecule has 0 fully saturated rings. The van der Waals surface area contributed by atoms with Gasteiger partial charge in [-0.1, -0.05) is 12.1 Å². The second-order valence-electron chi connectivity index (χ2n) is 5.93. The number of likely N-dealkylation sites (N-methyl/N-ethyl adjacent to an activating group) is 1. The smallest absolute Gasteiger partial charge is 0.240 e. The number of hydrogen-bond donors (Lipinski definition) is 1. The maximum Gasteiger partial charge on any atom is 0.240 e. The predicted octanol–water partition coefficient (Wildman–Crippen LogP) is 1.41. The van der Waals surface area contributed by atoms with Crippen molar-refractivity contribution in [1.29, 1.82) is 0 Å². The summed E-state index contributed by atoms with van der Waals surface area (Å²) in [6.45, 7) is 2.85. The van der Waals surface area contributed by atoms with Gasteiger partial charge in [-0.25, -0.2) is 0 Å². The van der Waals surface area contributed by atoms with Crippen molar-refractivity contribution < 1.29 is 23.5 Å². The molecule has 9 heteroatoms. The minimum atomic E-state index is -0.135. The molecule has 0 saturated carbocycles. The molecule has 1 aromatic carbocycles. The van der Waals surface area contributed by atoms with Gasteiger partial charge in [-0.15, -0.1) is 0 Å². The van der Waals surface area contributed by atoms with E-state index in [1.165, 1.54) is 0 Å². The fraction of sp³-hybridized carbons (Fsp3) is 0.500. The molecule has 0 aliphatic carbocycles. The maximum absolute atomic E-state index is 12.2. The van der Waals surface area contributed by atoms with Crippen LogP contribution in [-0.4, -0.2) is 55.9 Å². The second kappa shape index (κ2) is 9.77. The average molecular weight is 378 g/mol. The lowest BCUT2D eigenvalue weighted by Gasteiger charge is -2.16. The van der Waals surface area contributed by atoms with Gasteiger partial charge < -0.3 is 24.1 Å². The number of carbonyl (C=O) groups is 1. The third-order valence-corrected chi connectivity index (χ3v) is 3.91. The molecule has 1 heterocycles. The van der Waals surface area contributed by atoms with E-state index in [1.807, 2.05) is 14.0 Å². The first kappa shape index (κ1) is 20.5. The molecule has 0 saturated heterocycles. The van der Waals surface area contributed by atoms with Gasteiger partial charge in [0.2, 0.25) is 11.8 Å². The number of nitrogens with zero attached hydrogens (tertiary/aromatic N) is 3. The molecule has 2 rings (SSSR count). The molecule has 0 atom stereocenters. The van der Waals surface area contributed by atoms with Crippen molar-refractivity contribution in [3.63, 3.8) is 0 Å². The number of aryl methyl sites for hydroxylation is 1. The molecule has 9 nitrogen and oxygen atoms in total. The molecule has 1 amide bonds. The summed E-state index contributed by atoms with van der Waals surface area (Å²) in [5, 5.41) is 6.71. The first-order valence-electron chi connectivity index (χ1n) is 8.56. The third-order valence-electron chi connectivity index (χ3n) is 3.91. The monoisotopic (exact) mass is 378 g/mol. The van der Waals surface area contributed by atoms with E-state index in [1.54, 1.807) is 38.4 Å². The van der Waals surface area contributed by atoms with Crippen molar-refractivity contribution in [3.8, 4) is 17.2 Å². The van der Waals surface area contributed by atoms with Crippen molar-refractivity contribution >= 4 is 5.91 Å². The Labute approximate surface area is 158 Å². The maximum atomic E-state index is 12.2. The number of nitrogens with one attached hydrogen (secondary N) is 1. The molecule has 0 unspecified atom stereocenters. The summed E-state index contributed by atoms with van der Waals surface area (Å²) >= 11 is 0. The Morgan fingerprint density at radius 1 is 1.15 bits per heavy atom. The minimum absolute atomic E-state index is 0.135. The van der Waals surface area contributed by atoms with Gasteiger partial charge in [0.25, 0.3) is 0 Å². The molecule has 0 aliphatic heterocycles. The van der Waals surface area contributed by atoms with Crippen LogP contribution in [0.3, 0.4) is 0 Å². The van der Waals surface area contributed by atoms with Crippen LogP contribution in [0.4, 0.5) is 0 Å². The summed E-state index contributed by atoms with van der Waals surface area (Å²) < 4.78 is 21.1. The molecular formula is C18H26N4O5.